The summed E-state index contributed by atoms with van der Waals surface area (Å²) in [7, 11) is 1.96. The standard InChI is InChI=1S/C19H28N4O2/c1-21(13-9-18(24)22-14-10-20-11-15-22)17-8-5-12-23(19(17)25)16-6-3-2-4-7-16/h2-4,6-7,17,20H,5,8-15H2,1H3. The average molecular weight is 344 g/mol. The van der Waals surface area contributed by atoms with Crippen LogP contribution in [0.15, 0.2) is 30.3 Å². The minimum absolute atomic E-state index is 0.134. The minimum atomic E-state index is -0.134. The summed E-state index contributed by atoms with van der Waals surface area (Å²) in [5.74, 6) is 0.339. The molecule has 0 aromatic heterocycles. The lowest BCUT2D eigenvalue weighted by Crippen LogP contribution is -2.52. The summed E-state index contributed by atoms with van der Waals surface area (Å²) in [5.41, 5.74) is 0.961. The van der Waals surface area contributed by atoms with Gasteiger partial charge in [-0.15, -0.1) is 0 Å². The topological polar surface area (TPSA) is 55.9 Å². The number of benzene rings is 1. The number of rotatable bonds is 5. The maximum atomic E-state index is 12.9. The Morgan fingerprint density at radius 2 is 1.92 bits per heavy atom. The van der Waals surface area contributed by atoms with Gasteiger partial charge in [0, 0.05) is 51.4 Å². The zero-order valence-electron chi connectivity index (χ0n) is 15.0. The van der Waals surface area contributed by atoms with Crippen molar-refractivity contribution in [3.8, 4) is 0 Å². The number of carbonyl (C=O) groups excluding carboxylic acids is 2. The van der Waals surface area contributed by atoms with E-state index in [9.17, 15) is 9.59 Å². The first-order valence-corrected chi connectivity index (χ1v) is 9.22. The molecule has 0 bridgehead atoms. The number of piperidine rings is 1. The van der Waals surface area contributed by atoms with E-state index in [-0.39, 0.29) is 17.9 Å². The number of amides is 2. The molecule has 25 heavy (non-hydrogen) atoms. The summed E-state index contributed by atoms with van der Waals surface area (Å²) in [6, 6.07) is 9.71. The Kier molecular flexibility index (Phi) is 6.04. The number of hydrogen-bond donors (Lipinski definition) is 1. The highest BCUT2D eigenvalue weighted by atomic mass is 16.2. The molecule has 0 aliphatic carbocycles. The van der Waals surface area contributed by atoms with E-state index in [0.29, 0.717) is 13.0 Å². The number of hydrogen-bond acceptors (Lipinski definition) is 4. The van der Waals surface area contributed by atoms with E-state index in [2.05, 4.69) is 10.2 Å². The van der Waals surface area contributed by atoms with Gasteiger partial charge in [0.25, 0.3) is 0 Å². The Balaban J connectivity index is 1.55. The van der Waals surface area contributed by atoms with Crippen LogP contribution in [0, 0.1) is 0 Å². The third-order valence-corrected chi connectivity index (χ3v) is 5.16. The Hall–Kier alpha value is -1.92. The Morgan fingerprint density at radius 1 is 1.20 bits per heavy atom. The van der Waals surface area contributed by atoms with Crippen LogP contribution in [0.2, 0.25) is 0 Å². The number of likely N-dealkylation sites (N-methyl/N-ethyl adjacent to an activating group) is 1. The van der Waals surface area contributed by atoms with Crippen LogP contribution in [-0.2, 0) is 9.59 Å². The van der Waals surface area contributed by atoms with E-state index in [0.717, 1.165) is 51.3 Å². The highest BCUT2D eigenvalue weighted by Crippen LogP contribution is 2.23. The van der Waals surface area contributed by atoms with Crippen LogP contribution in [0.5, 0.6) is 0 Å². The largest absolute Gasteiger partial charge is 0.340 e. The predicted octanol–water partition coefficient (Wildman–Crippen LogP) is 0.936. The van der Waals surface area contributed by atoms with Crippen LogP contribution >= 0.6 is 0 Å². The molecule has 3 rings (SSSR count). The predicted molar refractivity (Wildman–Crippen MR) is 98.5 cm³/mol. The smallest absolute Gasteiger partial charge is 0.244 e. The monoisotopic (exact) mass is 344 g/mol. The van der Waals surface area contributed by atoms with Gasteiger partial charge in [-0.3, -0.25) is 14.5 Å². The van der Waals surface area contributed by atoms with Crippen molar-refractivity contribution in [3.05, 3.63) is 30.3 Å². The zero-order valence-corrected chi connectivity index (χ0v) is 15.0. The second-order valence-electron chi connectivity index (χ2n) is 6.84. The molecule has 6 nitrogen and oxygen atoms in total. The highest BCUT2D eigenvalue weighted by Gasteiger charge is 2.32. The molecule has 2 amide bonds. The van der Waals surface area contributed by atoms with E-state index < -0.39 is 0 Å². The van der Waals surface area contributed by atoms with E-state index in [1.807, 2.05) is 47.2 Å². The molecule has 0 radical (unpaired) electrons. The second kappa shape index (κ2) is 8.45. The summed E-state index contributed by atoms with van der Waals surface area (Å²) in [6.45, 7) is 4.71. The quantitative estimate of drug-likeness (QED) is 0.864. The average Bonchev–Trinajstić information content (AvgIpc) is 2.67. The molecule has 0 saturated carbocycles. The van der Waals surface area contributed by atoms with Crippen molar-refractivity contribution in [3.63, 3.8) is 0 Å². The van der Waals surface area contributed by atoms with Crippen LogP contribution in [0.25, 0.3) is 0 Å². The number of nitrogens with one attached hydrogen (secondary N) is 1. The van der Waals surface area contributed by atoms with Crippen molar-refractivity contribution in [2.45, 2.75) is 25.3 Å². The van der Waals surface area contributed by atoms with Crippen molar-refractivity contribution >= 4 is 17.5 Å². The first kappa shape index (κ1) is 17.9. The van der Waals surface area contributed by atoms with Crippen molar-refractivity contribution in [2.24, 2.45) is 0 Å². The van der Waals surface area contributed by atoms with Crippen LogP contribution in [0.4, 0.5) is 5.69 Å². The molecule has 1 N–H and O–H groups in total. The van der Waals surface area contributed by atoms with Gasteiger partial charge in [0.05, 0.1) is 6.04 Å². The fraction of sp³-hybridized carbons (Fsp3) is 0.579. The third kappa shape index (κ3) is 4.38. The molecular formula is C19H28N4O2. The maximum absolute atomic E-state index is 12.9. The van der Waals surface area contributed by atoms with Gasteiger partial charge in [0.1, 0.15) is 0 Å². The lowest BCUT2D eigenvalue weighted by atomic mass is 10.0. The molecule has 2 aliphatic rings. The van der Waals surface area contributed by atoms with E-state index in [4.69, 9.17) is 0 Å². The Labute approximate surface area is 149 Å². The molecule has 2 aliphatic heterocycles. The van der Waals surface area contributed by atoms with E-state index in [1.165, 1.54) is 0 Å². The molecular weight excluding hydrogens is 316 g/mol. The fourth-order valence-electron chi connectivity index (χ4n) is 3.63. The molecule has 2 fully saturated rings. The normalized spacial score (nSPS) is 21.7. The number of carbonyl (C=O) groups is 2. The molecule has 136 valence electrons. The number of piperazine rings is 1. The van der Waals surface area contributed by atoms with Crippen molar-refractivity contribution in [1.82, 2.24) is 15.1 Å². The number of para-hydroxylation sites is 1. The van der Waals surface area contributed by atoms with Crippen LogP contribution in [0.3, 0.4) is 0 Å². The van der Waals surface area contributed by atoms with Crippen molar-refractivity contribution in [1.29, 1.82) is 0 Å². The van der Waals surface area contributed by atoms with Crippen molar-refractivity contribution in [2.75, 3.05) is 51.2 Å². The van der Waals surface area contributed by atoms with Gasteiger partial charge in [-0.1, -0.05) is 18.2 Å². The summed E-state index contributed by atoms with van der Waals surface area (Å²) in [4.78, 5) is 31.1. The minimum Gasteiger partial charge on any atom is -0.340 e. The number of anilines is 1. The SMILES string of the molecule is CN(CCC(=O)N1CCNCC1)C1CCCN(c2ccccc2)C1=O. The van der Waals surface area contributed by atoms with E-state index in [1.54, 1.807) is 0 Å². The van der Waals surface area contributed by atoms with E-state index >= 15 is 0 Å². The molecule has 1 atom stereocenters. The van der Waals surface area contributed by atoms with Gasteiger partial charge in [-0.25, -0.2) is 0 Å². The summed E-state index contributed by atoms with van der Waals surface area (Å²) >= 11 is 0. The molecule has 1 unspecified atom stereocenters. The van der Waals surface area contributed by atoms with Crippen LogP contribution < -0.4 is 10.2 Å². The lowest BCUT2D eigenvalue weighted by Gasteiger charge is -2.37. The molecule has 2 heterocycles. The zero-order chi connectivity index (χ0) is 17.6. The molecule has 1 aromatic rings. The number of nitrogens with zero attached hydrogens (tertiary/aromatic N) is 3. The fourth-order valence-corrected chi connectivity index (χ4v) is 3.63. The molecule has 6 heteroatoms. The first-order valence-electron chi connectivity index (χ1n) is 9.22. The maximum Gasteiger partial charge on any atom is 0.244 e. The van der Waals surface area contributed by atoms with Gasteiger partial charge < -0.3 is 15.1 Å². The molecule has 2 saturated heterocycles. The first-order chi connectivity index (χ1) is 12.2. The van der Waals surface area contributed by atoms with Gasteiger partial charge in [-0.05, 0) is 32.0 Å². The van der Waals surface area contributed by atoms with Crippen LogP contribution in [-0.4, -0.2) is 74.0 Å². The van der Waals surface area contributed by atoms with Gasteiger partial charge in [0.15, 0.2) is 0 Å². The second-order valence-corrected chi connectivity index (χ2v) is 6.84. The molecule has 0 spiro atoms. The summed E-state index contributed by atoms with van der Waals surface area (Å²) in [5, 5.41) is 3.26. The Morgan fingerprint density at radius 3 is 2.64 bits per heavy atom. The molecule has 1 aromatic carbocycles. The van der Waals surface area contributed by atoms with Crippen LogP contribution in [0.1, 0.15) is 19.3 Å². The van der Waals surface area contributed by atoms with Gasteiger partial charge >= 0.3 is 0 Å². The van der Waals surface area contributed by atoms with Gasteiger partial charge in [0.2, 0.25) is 11.8 Å². The Bertz CT molecular complexity index is 586. The lowest BCUT2D eigenvalue weighted by molar-refractivity contribution is -0.133. The summed E-state index contributed by atoms with van der Waals surface area (Å²) in [6.07, 6.45) is 2.33. The highest BCUT2D eigenvalue weighted by molar-refractivity contribution is 5.97. The van der Waals surface area contributed by atoms with Gasteiger partial charge in [-0.2, -0.15) is 0 Å². The van der Waals surface area contributed by atoms with Crippen molar-refractivity contribution < 1.29 is 9.59 Å². The third-order valence-electron chi connectivity index (χ3n) is 5.16. The summed E-state index contributed by atoms with van der Waals surface area (Å²) < 4.78 is 0.